The van der Waals surface area contributed by atoms with Gasteiger partial charge in [-0.1, -0.05) is 30.1 Å². The number of ketones is 1. The molecule has 0 saturated carbocycles. The van der Waals surface area contributed by atoms with Gasteiger partial charge in [-0.15, -0.1) is 0 Å². The molecule has 2 aliphatic rings. The van der Waals surface area contributed by atoms with Crippen LogP contribution in [-0.4, -0.2) is 30.1 Å². The van der Waals surface area contributed by atoms with Crippen molar-refractivity contribution in [3.05, 3.63) is 35.5 Å². The van der Waals surface area contributed by atoms with Gasteiger partial charge in [0.05, 0.1) is 5.57 Å². The Morgan fingerprint density at radius 2 is 2.18 bits per heavy atom. The van der Waals surface area contributed by atoms with Gasteiger partial charge in [0.1, 0.15) is 6.10 Å². The van der Waals surface area contributed by atoms with Crippen molar-refractivity contribution in [3.8, 4) is 11.8 Å². The van der Waals surface area contributed by atoms with E-state index in [1.54, 1.807) is 6.08 Å². The zero-order valence-corrected chi connectivity index (χ0v) is 13.1. The second-order valence-corrected chi connectivity index (χ2v) is 5.71. The third kappa shape index (κ3) is 4.19. The maximum Gasteiger partial charge on any atom is 0.303 e. The van der Waals surface area contributed by atoms with E-state index in [0.717, 1.165) is 18.4 Å². The van der Waals surface area contributed by atoms with Crippen LogP contribution in [-0.2, 0) is 19.1 Å². The Morgan fingerprint density at radius 3 is 2.82 bits per heavy atom. The van der Waals surface area contributed by atoms with Crippen LogP contribution < -0.4 is 0 Å². The number of rotatable bonds is 4. The van der Waals surface area contributed by atoms with E-state index in [-0.39, 0.29) is 11.9 Å². The van der Waals surface area contributed by atoms with Crippen molar-refractivity contribution < 1.29 is 19.1 Å². The fourth-order valence-electron chi connectivity index (χ4n) is 2.23. The maximum atomic E-state index is 12.0. The molecule has 1 saturated heterocycles. The van der Waals surface area contributed by atoms with E-state index in [2.05, 4.69) is 24.5 Å². The van der Waals surface area contributed by atoms with E-state index in [1.807, 2.05) is 13.8 Å². The summed E-state index contributed by atoms with van der Waals surface area (Å²) in [6.07, 6.45) is 3.96. The number of ether oxygens (including phenoxy) is 2. The zero-order valence-electron chi connectivity index (χ0n) is 13.1. The third-order valence-electron chi connectivity index (χ3n) is 3.38. The molecule has 0 aromatic heterocycles. The molecule has 3 atom stereocenters. The van der Waals surface area contributed by atoms with Crippen molar-refractivity contribution in [2.75, 3.05) is 0 Å². The van der Waals surface area contributed by atoms with Gasteiger partial charge in [-0.2, -0.15) is 0 Å². The van der Waals surface area contributed by atoms with Gasteiger partial charge < -0.3 is 9.47 Å². The molecule has 0 radical (unpaired) electrons. The topological polar surface area (TPSA) is 55.9 Å². The van der Waals surface area contributed by atoms with Crippen molar-refractivity contribution in [1.29, 1.82) is 0 Å². The van der Waals surface area contributed by atoms with Crippen LogP contribution in [0.1, 0.15) is 33.6 Å². The molecule has 1 aliphatic heterocycles. The van der Waals surface area contributed by atoms with Gasteiger partial charge in [-0.05, 0) is 38.3 Å². The lowest BCUT2D eigenvalue weighted by atomic mass is 9.96. The predicted octanol–water partition coefficient (Wildman–Crippen LogP) is 2.50. The van der Waals surface area contributed by atoms with E-state index in [0.29, 0.717) is 5.57 Å². The number of Topliss-reactive ketones (excluding diaryl/α,β-unsaturated/α-hetero) is 1. The highest BCUT2D eigenvalue weighted by molar-refractivity contribution is 6.06. The first-order valence-corrected chi connectivity index (χ1v) is 7.30. The summed E-state index contributed by atoms with van der Waals surface area (Å²) in [4.78, 5) is 23.1. The molecule has 0 aromatic rings. The van der Waals surface area contributed by atoms with Crippen molar-refractivity contribution in [3.63, 3.8) is 0 Å². The lowest BCUT2D eigenvalue weighted by Gasteiger charge is -2.14. The molecule has 22 heavy (non-hydrogen) atoms. The van der Waals surface area contributed by atoms with Crippen LogP contribution in [0.4, 0.5) is 0 Å². The summed E-state index contributed by atoms with van der Waals surface area (Å²) in [7, 11) is 0. The van der Waals surface area contributed by atoms with Crippen LogP contribution in [0.5, 0.6) is 0 Å². The van der Waals surface area contributed by atoms with Crippen molar-refractivity contribution >= 4 is 11.8 Å². The van der Waals surface area contributed by atoms with Crippen molar-refractivity contribution in [2.24, 2.45) is 0 Å². The molecule has 4 nitrogen and oxygen atoms in total. The minimum Gasteiger partial charge on any atom is -0.455 e. The molecule has 116 valence electrons. The van der Waals surface area contributed by atoms with Gasteiger partial charge in [-0.25, -0.2) is 0 Å². The highest BCUT2D eigenvalue weighted by atomic mass is 16.6. The van der Waals surface area contributed by atoms with E-state index in [1.165, 1.54) is 12.5 Å². The molecule has 1 aliphatic carbocycles. The van der Waals surface area contributed by atoms with Crippen molar-refractivity contribution in [1.82, 2.24) is 0 Å². The number of carbonyl (C=O) groups excluding carboxylic acids is 2. The average Bonchev–Trinajstić information content (AvgIpc) is 3.20. The summed E-state index contributed by atoms with van der Waals surface area (Å²) in [6.45, 7) is 9.32. The molecule has 0 unspecified atom stereocenters. The van der Waals surface area contributed by atoms with Crippen LogP contribution in [0.2, 0.25) is 0 Å². The first kappa shape index (κ1) is 16.3. The Morgan fingerprint density at radius 1 is 1.45 bits per heavy atom. The number of hydrogen-bond acceptors (Lipinski definition) is 4. The minimum atomic E-state index is -0.525. The Bertz CT molecular complexity index is 623. The number of epoxide rings is 1. The number of allylic oxidation sites excluding steroid dienone is 3. The Hall–Kier alpha value is -2.12. The van der Waals surface area contributed by atoms with Gasteiger partial charge in [0, 0.05) is 6.92 Å². The highest BCUT2D eigenvalue weighted by Gasteiger charge is 2.54. The van der Waals surface area contributed by atoms with Gasteiger partial charge in [0.15, 0.2) is 12.2 Å². The summed E-state index contributed by atoms with van der Waals surface area (Å²) in [5, 5.41) is 0. The second-order valence-electron chi connectivity index (χ2n) is 5.71. The maximum absolute atomic E-state index is 12.0. The molecule has 0 amide bonds. The zero-order chi connectivity index (χ0) is 16.3. The quantitative estimate of drug-likeness (QED) is 0.346. The van der Waals surface area contributed by atoms with Gasteiger partial charge in [0.25, 0.3) is 0 Å². The van der Waals surface area contributed by atoms with E-state index in [4.69, 9.17) is 9.47 Å². The normalized spacial score (nSPS) is 25.1. The molecule has 0 N–H and O–H groups in total. The lowest BCUT2D eigenvalue weighted by Crippen LogP contribution is -2.30. The van der Waals surface area contributed by atoms with Gasteiger partial charge in [-0.3, -0.25) is 9.59 Å². The molecule has 1 heterocycles. The van der Waals surface area contributed by atoms with Crippen molar-refractivity contribution in [2.45, 2.75) is 51.9 Å². The summed E-state index contributed by atoms with van der Waals surface area (Å²) < 4.78 is 10.4. The Labute approximate surface area is 130 Å². The number of hydrogen-bond donors (Lipinski definition) is 0. The van der Waals surface area contributed by atoms with E-state index >= 15 is 0 Å². The molecule has 0 aromatic carbocycles. The molecule has 4 heteroatoms. The smallest absolute Gasteiger partial charge is 0.303 e. The van der Waals surface area contributed by atoms with Crippen LogP contribution in [0.25, 0.3) is 0 Å². The predicted molar refractivity (Wildman–Crippen MR) is 82.9 cm³/mol. The fourth-order valence-corrected chi connectivity index (χ4v) is 2.23. The van der Waals surface area contributed by atoms with Gasteiger partial charge >= 0.3 is 5.97 Å². The first-order valence-electron chi connectivity index (χ1n) is 7.30. The number of carbonyl (C=O) groups is 2. The summed E-state index contributed by atoms with van der Waals surface area (Å²) in [5.74, 6) is 5.21. The molecule has 1 fully saturated rings. The molecular weight excluding hydrogens is 280 g/mol. The van der Waals surface area contributed by atoms with Crippen LogP contribution >= 0.6 is 0 Å². The SMILES string of the molecule is C=C(C#CC1=C[C@H](OC(C)=O)[C@@H]2O[C@@H]2C1=O)CCC=C(C)C. The van der Waals surface area contributed by atoms with Crippen LogP contribution in [0.3, 0.4) is 0 Å². The molecule has 0 bridgehead atoms. The fraction of sp³-hybridized carbons (Fsp3) is 0.444. The van der Waals surface area contributed by atoms with Crippen LogP contribution in [0, 0.1) is 11.8 Å². The minimum absolute atomic E-state index is 0.141. The molecule has 0 spiro atoms. The largest absolute Gasteiger partial charge is 0.455 e. The first-order chi connectivity index (χ1) is 10.4. The summed E-state index contributed by atoms with van der Waals surface area (Å²) >= 11 is 0. The monoisotopic (exact) mass is 300 g/mol. The molecular formula is C18H20O4. The second kappa shape index (κ2) is 6.76. The summed E-state index contributed by atoms with van der Waals surface area (Å²) in [6, 6.07) is 0. The highest BCUT2D eigenvalue weighted by Crippen LogP contribution is 2.35. The number of esters is 1. The van der Waals surface area contributed by atoms with E-state index < -0.39 is 18.2 Å². The van der Waals surface area contributed by atoms with Crippen LogP contribution in [0.15, 0.2) is 35.5 Å². The van der Waals surface area contributed by atoms with Gasteiger partial charge in [0.2, 0.25) is 5.78 Å². The average molecular weight is 300 g/mol. The Balaban J connectivity index is 2.01. The number of fused-ring (bicyclic) bond motifs is 1. The standard InChI is InChI=1S/C18H20O4/c1-11(2)6-5-7-12(3)8-9-14-10-15(21-13(4)19)17-18(22-17)16(14)20/h6,10,15,17-18H,3,5,7H2,1-2,4H3/t15-,17-,18+/m0/s1. The summed E-state index contributed by atoms with van der Waals surface area (Å²) in [5.41, 5.74) is 2.37. The molecule has 2 rings (SSSR count). The lowest BCUT2D eigenvalue weighted by molar-refractivity contribution is -0.145. The Kier molecular flexibility index (Phi) is 4.99. The third-order valence-corrected chi connectivity index (χ3v) is 3.38. The van der Waals surface area contributed by atoms with E-state index in [9.17, 15) is 9.59 Å².